The summed E-state index contributed by atoms with van der Waals surface area (Å²) in [6.07, 6.45) is 13.0. The Balaban J connectivity index is 1.42. The van der Waals surface area contributed by atoms with Gasteiger partial charge in [-0.3, -0.25) is 14.2 Å². The number of aromatic carboxylic acids is 1. The fourth-order valence-corrected chi connectivity index (χ4v) is 5.83. The monoisotopic (exact) mass is 699 g/mol. The molecule has 1 amide bonds. The molecule has 0 aliphatic heterocycles. The second-order valence-corrected chi connectivity index (χ2v) is 12.6. The van der Waals surface area contributed by atoms with Crippen molar-refractivity contribution in [3.8, 4) is 11.5 Å². The third kappa shape index (κ3) is 11.2. The fraction of sp³-hybridized carbons (Fsp3) is 0.425. The van der Waals surface area contributed by atoms with Crippen LogP contribution in [0.5, 0.6) is 11.5 Å². The summed E-state index contributed by atoms with van der Waals surface area (Å²) in [5.41, 5.74) is 0.431. The number of hydrogen-bond acceptors (Lipinski definition) is 8. The minimum atomic E-state index is -1.46. The van der Waals surface area contributed by atoms with Crippen molar-refractivity contribution in [2.45, 2.75) is 90.1 Å². The summed E-state index contributed by atoms with van der Waals surface area (Å²) < 4.78 is 18.3. The van der Waals surface area contributed by atoms with Gasteiger partial charge in [-0.2, -0.15) is 0 Å². The zero-order valence-electron chi connectivity index (χ0n) is 29.8. The van der Waals surface area contributed by atoms with Crippen molar-refractivity contribution in [1.82, 2.24) is 9.55 Å². The van der Waals surface area contributed by atoms with Crippen LogP contribution in [0, 0.1) is 0 Å². The molecule has 11 nitrogen and oxygen atoms in total. The predicted octanol–water partition coefficient (Wildman–Crippen LogP) is 8.26. The Bertz CT molecular complexity index is 1820. The molecular formula is C40H49N3O8. The van der Waals surface area contributed by atoms with Gasteiger partial charge in [-0.1, -0.05) is 89.7 Å². The predicted molar refractivity (Wildman–Crippen MR) is 197 cm³/mol. The number of benzene rings is 3. The van der Waals surface area contributed by atoms with Crippen LogP contribution in [0.4, 0.5) is 5.69 Å². The fourth-order valence-electron chi connectivity index (χ4n) is 5.83. The second-order valence-electron chi connectivity index (χ2n) is 12.6. The first-order valence-corrected chi connectivity index (χ1v) is 17.8. The van der Waals surface area contributed by atoms with Crippen LogP contribution in [0.25, 0.3) is 10.9 Å². The van der Waals surface area contributed by atoms with Crippen molar-refractivity contribution in [2.75, 3.05) is 19.0 Å². The number of nitrogens with zero attached hydrogens (tertiary/aromatic N) is 2. The van der Waals surface area contributed by atoms with Gasteiger partial charge in [-0.15, -0.1) is 0 Å². The average Bonchev–Trinajstić information content (AvgIpc) is 3.14. The van der Waals surface area contributed by atoms with E-state index in [4.69, 9.17) is 14.2 Å². The van der Waals surface area contributed by atoms with Crippen LogP contribution in [0.3, 0.4) is 0 Å². The van der Waals surface area contributed by atoms with Gasteiger partial charge in [-0.25, -0.2) is 14.6 Å². The number of aromatic nitrogens is 2. The van der Waals surface area contributed by atoms with Gasteiger partial charge < -0.3 is 24.6 Å². The van der Waals surface area contributed by atoms with Gasteiger partial charge in [0, 0.05) is 7.05 Å². The highest BCUT2D eigenvalue weighted by Gasteiger charge is 2.29. The average molecular weight is 700 g/mol. The summed E-state index contributed by atoms with van der Waals surface area (Å²) in [5, 5.41) is 12.4. The number of carbonyl (C=O) groups excluding carboxylic acids is 2. The van der Waals surface area contributed by atoms with Gasteiger partial charge in [0.05, 0.1) is 41.4 Å². The van der Waals surface area contributed by atoms with Crippen LogP contribution in [-0.2, 0) is 16.6 Å². The number of nitrogens with one attached hydrogen (secondary N) is 1. The van der Waals surface area contributed by atoms with E-state index in [0.717, 1.165) is 19.3 Å². The Hall–Kier alpha value is -5.19. The number of amides is 1. The van der Waals surface area contributed by atoms with Gasteiger partial charge in [0.25, 0.3) is 11.5 Å². The molecule has 272 valence electrons. The highest BCUT2D eigenvalue weighted by molar-refractivity contribution is 5.98. The highest BCUT2D eigenvalue weighted by atomic mass is 16.5. The van der Waals surface area contributed by atoms with Crippen molar-refractivity contribution >= 4 is 34.4 Å². The van der Waals surface area contributed by atoms with Gasteiger partial charge in [0.2, 0.25) is 6.10 Å². The summed E-state index contributed by atoms with van der Waals surface area (Å²) in [5.74, 6) is -1.89. The summed E-state index contributed by atoms with van der Waals surface area (Å²) >= 11 is 0. The molecule has 0 aliphatic carbocycles. The number of para-hydroxylation sites is 1. The molecule has 0 saturated heterocycles. The Morgan fingerprint density at radius 1 is 0.824 bits per heavy atom. The number of methoxy groups -OCH3 is 1. The first-order chi connectivity index (χ1) is 24.7. The van der Waals surface area contributed by atoms with Gasteiger partial charge in [0.1, 0.15) is 11.5 Å². The molecule has 0 fully saturated rings. The quantitative estimate of drug-likeness (QED) is 0.0648. The van der Waals surface area contributed by atoms with Gasteiger partial charge in [-0.05, 0) is 61.0 Å². The second kappa shape index (κ2) is 19.9. The lowest BCUT2D eigenvalue weighted by atomic mass is 10.1. The minimum absolute atomic E-state index is 0.00968. The summed E-state index contributed by atoms with van der Waals surface area (Å²) in [6.45, 7) is 2.53. The lowest BCUT2D eigenvalue weighted by Crippen LogP contribution is -2.33. The lowest BCUT2D eigenvalue weighted by Gasteiger charge is -2.21. The first-order valence-electron chi connectivity index (χ1n) is 17.8. The molecule has 0 bridgehead atoms. The van der Waals surface area contributed by atoms with E-state index in [0.29, 0.717) is 17.5 Å². The maximum atomic E-state index is 14.0. The number of hydrogen-bond donors (Lipinski definition) is 2. The number of anilines is 1. The van der Waals surface area contributed by atoms with E-state index in [1.165, 1.54) is 107 Å². The standard InChI is InChI=1S/C40H49N3O8/c1-4-5-6-7-8-9-10-11-12-13-14-17-26-50-40(48)29-22-25-34(49-3)33(27-29)42-37(44)35(51-30-23-20-28(21-24-30)39(46)47)36-41-32-19-16-15-18-31(32)38(45)43(36)2/h15-16,18-25,27,35H,4-14,17,26H2,1-3H3,(H,42,44)(H,46,47). The smallest absolute Gasteiger partial charge is 0.338 e. The molecule has 2 N–H and O–H groups in total. The zero-order valence-corrected chi connectivity index (χ0v) is 29.8. The molecular weight excluding hydrogens is 650 g/mol. The largest absolute Gasteiger partial charge is 0.495 e. The van der Waals surface area contributed by atoms with Crippen LogP contribution in [0.15, 0.2) is 71.5 Å². The Kier molecular flexibility index (Phi) is 15.0. The van der Waals surface area contributed by atoms with E-state index in [-0.39, 0.29) is 39.7 Å². The molecule has 4 aromatic rings. The SMILES string of the molecule is CCCCCCCCCCCCCCOC(=O)c1ccc(OC)c(NC(=O)C(Oc2ccc(C(=O)O)cc2)c2nc3ccccc3c(=O)n2C)c1. The molecule has 0 aliphatic rings. The van der Waals surface area contributed by atoms with Crippen molar-refractivity contribution in [2.24, 2.45) is 7.05 Å². The number of rotatable bonds is 21. The van der Waals surface area contributed by atoms with Crippen LogP contribution in [-0.4, -0.2) is 46.2 Å². The van der Waals surface area contributed by atoms with E-state index < -0.39 is 23.9 Å². The number of esters is 1. The van der Waals surface area contributed by atoms with Crippen molar-refractivity contribution < 1.29 is 33.7 Å². The molecule has 0 radical (unpaired) electrons. The number of ether oxygens (including phenoxy) is 3. The Morgan fingerprint density at radius 3 is 2.06 bits per heavy atom. The molecule has 4 rings (SSSR count). The van der Waals surface area contributed by atoms with Crippen molar-refractivity contribution in [3.63, 3.8) is 0 Å². The molecule has 0 spiro atoms. The summed E-state index contributed by atoms with van der Waals surface area (Å²) in [7, 11) is 2.92. The summed E-state index contributed by atoms with van der Waals surface area (Å²) in [6, 6.07) is 16.8. The number of carboxylic acids is 1. The topological polar surface area (TPSA) is 146 Å². The summed E-state index contributed by atoms with van der Waals surface area (Å²) in [4.78, 5) is 56.2. The third-order valence-corrected chi connectivity index (χ3v) is 8.77. The van der Waals surface area contributed by atoms with Crippen LogP contribution in [0.2, 0.25) is 0 Å². The highest BCUT2D eigenvalue weighted by Crippen LogP contribution is 2.29. The number of fused-ring (bicyclic) bond motifs is 1. The number of carboxylic acid groups (broad SMARTS) is 1. The van der Waals surface area contributed by atoms with E-state index in [1.807, 2.05) is 0 Å². The van der Waals surface area contributed by atoms with Crippen LogP contribution in [0.1, 0.15) is 117 Å². The lowest BCUT2D eigenvalue weighted by molar-refractivity contribution is -0.123. The normalized spacial score (nSPS) is 11.6. The number of unbranched alkanes of at least 4 members (excludes halogenated alkanes) is 11. The van der Waals surface area contributed by atoms with E-state index >= 15 is 0 Å². The Labute approximate surface area is 299 Å². The molecule has 0 saturated carbocycles. The molecule has 11 heteroatoms. The van der Waals surface area contributed by atoms with Gasteiger partial charge in [0.15, 0.2) is 5.82 Å². The molecule has 1 atom stereocenters. The molecule has 3 aromatic carbocycles. The first kappa shape index (κ1) is 38.6. The molecule has 1 aromatic heterocycles. The molecule has 51 heavy (non-hydrogen) atoms. The maximum Gasteiger partial charge on any atom is 0.338 e. The minimum Gasteiger partial charge on any atom is -0.495 e. The van der Waals surface area contributed by atoms with E-state index in [1.54, 1.807) is 36.4 Å². The van der Waals surface area contributed by atoms with Crippen molar-refractivity contribution in [3.05, 3.63) is 94.0 Å². The third-order valence-electron chi connectivity index (χ3n) is 8.77. The molecule has 1 heterocycles. The van der Waals surface area contributed by atoms with E-state index in [9.17, 15) is 24.3 Å². The van der Waals surface area contributed by atoms with Crippen LogP contribution < -0.4 is 20.3 Å². The van der Waals surface area contributed by atoms with E-state index in [2.05, 4.69) is 17.2 Å². The zero-order chi connectivity index (χ0) is 36.6. The van der Waals surface area contributed by atoms with Crippen LogP contribution >= 0.6 is 0 Å². The Morgan fingerprint density at radius 2 is 1.43 bits per heavy atom. The van der Waals surface area contributed by atoms with Crippen molar-refractivity contribution in [1.29, 1.82) is 0 Å². The maximum absolute atomic E-state index is 14.0. The number of carbonyl (C=O) groups is 3. The molecule has 1 unspecified atom stereocenters. The van der Waals surface area contributed by atoms with Gasteiger partial charge >= 0.3 is 11.9 Å².